The number of benzene rings is 1. The average Bonchev–Trinajstić information content (AvgIpc) is 2.19. The molecule has 0 saturated carbocycles. The highest BCUT2D eigenvalue weighted by Gasteiger charge is 2.00. The largest absolute Gasteiger partial charge is 0.423 e. The van der Waals surface area contributed by atoms with Crippen LogP contribution in [0.2, 0.25) is 0 Å². The second-order valence-corrected chi connectivity index (χ2v) is 2.73. The van der Waals surface area contributed by atoms with Crippen molar-refractivity contribution in [2.45, 2.75) is 0 Å². The molecule has 0 aliphatic heterocycles. The molecule has 1 aromatic rings. The third kappa shape index (κ3) is 3.95. The first-order chi connectivity index (χ1) is 7.08. The Morgan fingerprint density at radius 1 is 1.13 bits per heavy atom. The number of carbonyl (C=O) groups excluding carboxylic acids is 2. The predicted octanol–water partition coefficient (Wildman–Crippen LogP) is 0.216. The van der Waals surface area contributed by atoms with Crippen molar-refractivity contribution in [3.8, 4) is 5.75 Å². The van der Waals surface area contributed by atoms with Gasteiger partial charge in [-0.1, -0.05) is 0 Å². The van der Waals surface area contributed by atoms with E-state index in [0.29, 0.717) is 11.4 Å². The third-order valence-corrected chi connectivity index (χ3v) is 1.48. The Hall–Kier alpha value is -2.30. The van der Waals surface area contributed by atoms with Crippen molar-refractivity contribution in [3.05, 3.63) is 36.4 Å². The van der Waals surface area contributed by atoms with E-state index in [4.69, 9.17) is 16.2 Å². The summed E-state index contributed by atoms with van der Waals surface area (Å²) >= 11 is 0. The van der Waals surface area contributed by atoms with Crippen molar-refractivity contribution in [2.75, 3.05) is 5.73 Å². The van der Waals surface area contributed by atoms with E-state index in [0.717, 1.165) is 12.2 Å². The lowest BCUT2D eigenvalue weighted by Crippen LogP contribution is -2.09. The second-order valence-electron chi connectivity index (χ2n) is 2.73. The first-order valence-electron chi connectivity index (χ1n) is 4.13. The molecule has 0 spiro atoms. The summed E-state index contributed by atoms with van der Waals surface area (Å²) < 4.78 is 4.83. The zero-order chi connectivity index (χ0) is 11.3. The summed E-state index contributed by atoms with van der Waals surface area (Å²) in [6.07, 6.45) is 1.89. The van der Waals surface area contributed by atoms with Crippen LogP contribution in [0.3, 0.4) is 0 Å². The molecular formula is C10H10N2O3. The summed E-state index contributed by atoms with van der Waals surface area (Å²) in [7, 11) is 0. The molecule has 0 atom stereocenters. The lowest BCUT2D eigenvalue weighted by atomic mass is 10.3. The first-order valence-corrected chi connectivity index (χ1v) is 4.13. The van der Waals surface area contributed by atoms with Gasteiger partial charge in [0, 0.05) is 17.8 Å². The van der Waals surface area contributed by atoms with E-state index >= 15 is 0 Å². The number of nitrogens with two attached hydrogens (primary N) is 2. The number of anilines is 1. The number of hydrogen-bond donors (Lipinski definition) is 2. The maximum atomic E-state index is 11.1. The van der Waals surface area contributed by atoms with E-state index in [-0.39, 0.29) is 0 Å². The molecule has 1 rings (SSSR count). The summed E-state index contributed by atoms with van der Waals surface area (Å²) in [4.78, 5) is 21.4. The van der Waals surface area contributed by atoms with Crippen molar-refractivity contribution in [1.82, 2.24) is 0 Å². The minimum absolute atomic E-state index is 0.350. The van der Waals surface area contributed by atoms with Crippen molar-refractivity contribution < 1.29 is 14.3 Å². The minimum atomic E-state index is -0.704. The monoisotopic (exact) mass is 206 g/mol. The highest BCUT2D eigenvalue weighted by molar-refractivity contribution is 5.94. The van der Waals surface area contributed by atoms with Crippen molar-refractivity contribution >= 4 is 17.6 Å². The molecule has 5 heteroatoms. The van der Waals surface area contributed by atoms with Gasteiger partial charge >= 0.3 is 5.97 Å². The van der Waals surface area contributed by atoms with Crippen LogP contribution >= 0.6 is 0 Å². The van der Waals surface area contributed by atoms with Crippen LogP contribution in [0.25, 0.3) is 0 Å². The van der Waals surface area contributed by atoms with Gasteiger partial charge in [0.05, 0.1) is 0 Å². The van der Waals surface area contributed by atoms with E-state index < -0.39 is 11.9 Å². The molecule has 15 heavy (non-hydrogen) atoms. The van der Waals surface area contributed by atoms with E-state index in [1.54, 1.807) is 24.3 Å². The molecule has 0 bridgehead atoms. The van der Waals surface area contributed by atoms with Crippen LogP contribution in [0.1, 0.15) is 0 Å². The molecule has 0 fully saturated rings. The quantitative estimate of drug-likeness (QED) is 0.320. The number of esters is 1. The second kappa shape index (κ2) is 4.80. The van der Waals surface area contributed by atoms with Crippen LogP contribution in [-0.4, -0.2) is 11.9 Å². The topological polar surface area (TPSA) is 95.4 Å². The number of carbonyl (C=O) groups is 2. The predicted molar refractivity (Wildman–Crippen MR) is 54.8 cm³/mol. The lowest BCUT2D eigenvalue weighted by molar-refractivity contribution is -0.129. The minimum Gasteiger partial charge on any atom is -0.423 e. The molecule has 0 heterocycles. The van der Waals surface area contributed by atoms with Crippen molar-refractivity contribution in [3.63, 3.8) is 0 Å². The van der Waals surface area contributed by atoms with E-state index in [1.807, 2.05) is 0 Å². The Morgan fingerprint density at radius 2 is 1.73 bits per heavy atom. The molecule has 1 amide bonds. The fraction of sp³-hybridized carbons (Fsp3) is 0. The highest BCUT2D eigenvalue weighted by atomic mass is 16.5. The maximum Gasteiger partial charge on any atom is 0.336 e. The van der Waals surface area contributed by atoms with Gasteiger partial charge in [0.2, 0.25) is 5.91 Å². The normalized spacial score (nSPS) is 10.1. The molecule has 0 radical (unpaired) electrons. The van der Waals surface area contributed by atoms with Crippen LogP contribution in [0.4, 0.5) is 5.69 Å². The Morgan fingerprint density at radius 3 is 2.27 bits per heavy atom. The summed E-state index contributed by atoms with van der Waals surface area (Å²) in [5.74, 6) is -1.02. The number of amides is 1. The summed E-state index contributed by atoms with van der Waals surface area (Å²) in [5, 5.41) is 0. The van der Waals surface area contributed by atoms with Crippen LogP contribution in [0.5, 0.6) is 5.75 Å². The molecule has 0 aliphatic rings. The number of ether oxygens (including phenoxy) is 1. The van der Waals surface area contributed by atoms with Crippen LogP contribution in [0.15, 0.2) is 36.4 Å². The number of rotatable bonds is 3. The van der Waals surface area contributed by atoms with Gasteiger partial charge in [-0.15, -0.1) is 0 Å². The fourth-order valence-corrected chi connectivity index (χ4v) is 0.836. The fourth-order valence-electron chi connectivity index (χ4n) is 0.836. The Labute approximate surface area is 86.3 Å². The van der Waals surface area contributed by atoms with Gasteiger partial charge < -0.3 is 16.2 Å². The van der Waals surface area contributed by atoms with Crippen LogP contribution < -0.4 is 16.2 Å². The van der Waals surface area contributed by atoms with Gasteiger partial charge in [0.25, 0.3) is 0 Å². The molecule has 0 aliphatic carbocycles. The SMILES string of the molecule is NC(=O)C=CC(=O)Oc1ccc(N)cc1. The number of nitrogen functional groups attached to an aromatic ring is 1. The highest BCUT2D eigenvalue weighted by Crippen LogP contribution is 2.13. The number of hydrogen-bond acceptors (Lipinski definition) is 4. The van der Waals surface area contributed by atoms with Gasteiger partial charge in [0.15, 0.2) is 0 Å². The van der Waals surface area contributed by atoms with Crippen LogP contribution in [0, 0.1) is 0 Å². The van der Waals surface area contributed by atoms with Crippen molar-refractivity contribution in [2.24, 2.45) is 5.73 Å². The molecule has 4 N–H and O–H groups in total. The molecular weight excluding hydrogens is 196 g/mol. The van der Waals surface area contributed by atoms with Gasteiger partial charge in [-0.3, -0.25) is 4.79 Å². The van der Waals surface area contributed by atoms with E-state index in [9.17, 15) is 9.59 Å². The summed E-state index contributed by atoms with van der Waals surface area (Å²) in [5.41, 5.74) is 10.8. The average molecular weight is 206 g/mol. The molecule has 1 aromatic carbocycles. The molecule has 5 nitrogen and oxygen atoms in total. The van der Waals surface area contributed by atoms with Gasteiger partial charge in [-0.05, 0) is 24.3 Å². The third-order valence-electron chi connectivity index (χ3n) is 1.48. The molecule has 0 aromatic heterocycles. The summed E-state index contributed by atoms with van der Waals surface area (Å²) in [6.45, 7) is 0. The molecule has 0 unspecified atom stereocenters. The lowest BCUT2D eigenvalue weighted by Gasteiger charge is -2.00. The molecule has 78 valence electrons. The Bertz CT molecular complexity index is 396. The van der Waals surface area contributed by atoms with E-state index in [2.05, 4.69) is 0 Å². The Balaban J connectivity index is 2.59. The van der Waals surface area contributed by atoms with Crippen molar-refractivity contribution in [1.29, 1.82) is 0 Å². The summed E-state index contributed by atoms with van der Waals surface area (Å²) in [6, 6.07) is 6.29. The van der Waals surface area contributed by atoms with E-state index in [1.165, 1.54) is 0 Å². The smallest absolute Gasteiger partial charge is 0.336 e. The standard InChI is InChI=1S/C10H10N2O3/c11-7-1-3-8(4-2-7)15-10(14)6-5-9(12)13/h1-6H,11H2,(H2,12,13). The number of primary amides is 1. The Kier molecular flexibility index (Phi) is 3.45. The van der Waals surface area contributed by atoms with Gasteiger partial charge in [-0.25, -0.2) is 4.79 Å². The molecule has 0 saturated heterocycles. The first kappa shape index (κ1) is 10.8. The maximum absolute atomic E-state index is 11.1. The van der Waals surface area contributed by atoms with Gasteiger partial charge in [-0.2, -0.15) is 0 Å². The zero-order valence-corrected chi connectivity index (χ0v) is 7.84. The van der Waals surface area contributed by atoms with Crippen LogP contribution in [-0.2, 0) is 9.59 Å². The van der Waals surface area contributed by atoms with Gasteiger partial charge in [0.1, 0.15) is 5.75 Å². The zero-order valence-electron chi connectivity index (χ0n) is 7.84.